The van der Waals surface area contributed by atoms with Gasteiger partial charge in [-0.25, -0.2) is 0 Å². The van der Waals surface area contributed by atoms with Crippen LogP contribution >= 0.6 is 0 Å². The molecule has 0 saturated carbocycles. The van der Waals surface area contributed by atoms with Crippen LogP contribution in [0.1, 0.15) is 32.3 Å². The molecule has 16 heavy (non-hydrogen) atoms. The van der Waals surface area contributed by atoms with E-state index < -0.39 is 0 Å². The highest BCUT2D eigenvalue weighted by Gasteiger charge is 2.27. The summed E-state index contributed by atoms with van der Waals surface area (Å²) in [7, 11) is 0. The van der Waals surface area contributed by atoms with E-state index in [0.717, 1.165) is 24.3 Å². The third-order valence-corrected chi connectivity index (χ3v) is 3.27. The average molecular weight is 214 g/mol. The van der Waals surface area contributed by atoms with Gasteiger partial charge in [-0.2, -0.15) is 5.26 Å². The average Bonchev–Trinajstić information content (AvgIpc) is 2.27. The second-order valence-electron chi connectivity index (χ2n) is 5.32. The lowest BCUT2D eigenvalue weighted by molar-refractivity contribution is 0.293. The number of piperidine rings is 1. The maximum absolute atomic E-state index is 9.10. The zero-order chi connectivity index (χ0) is 11.6. The maximum atomic E-state index is 9.10. The van der Waals surface area contributed by atoms with E-state index in [1.165, 1.54) is 12.8 Å². The van der Waals surface area contributed by atoms with Gasteiger partial charge in [0.15, 0.2) is 0 Å². The molecule has 2 nitrogen and oxygen atoms in total. The van der Waals surface area contributed by atoms with Crippen molar-refractivity contribution in [3.8, 4) is 6.07 Å². The Balaban J connectivity index is 2.27. The minimum Gasteiger partial charge on any atom is -0.370 e. The first kappa shape index (κ1) is 11.0. The van der Waals surface area contributed by atoms with E-state index in [4.69, 9.17) is 5.26 Å². The van der Waals surface area contributed by atoms with Crippen LogP contribution in [-0.2, 0) is 0 Å². The van der Waals surface area contributed by atoms with Gasteiger partial charge in [-0.05, 0) is 30.4 Å². The van der Waals surface area contributed by atoms with E-state index >= 15 is 0 Å². The Morgan fingerprint density at radius 1 is 1.31 bits per heavy atom. The Kier molecular flexibility index (Phi) is 2.87. The van der Waals surface area contributed by atoms with Crippen LogP contribution in [0.4, 0.5) is 5.69 Å². The first-order valence-corrected chi connectivity index (χ1v) is 5.86. The van der Waals surface area contributed by atoms with Gasteiger partial charge in [0.25, 0.3) is 0 Å². The summed E-state index contributed by atoms with van der Waals surface area (Å²) in [5, 5.41) is 9.10. The molecule has 0 radical (unpaired) electrons. The highest BCUT2D eigenvalue weighted by molar-refractivity contribution is 5.59. The van der Waals surface area contributed by atoms with Crippen LogP contribution in [0.15, 0.2) is 24.3 Å². The van der Waals surface area contributed by atoms with Crippen LogP contribution in [0, 0.1) is 16.7 Å². The van der Waals surface area contributed by atoms with Crippen molar-refractivity contribution >= 4 is 5.69 Å². The lowest BCUT2D eigenvalue weighted by atomic mass is 9.84. The fraction of sp³-hybridized carbons (Fsp3) is 0.500. The van der Waals surface area contributed by atoms with Crippen LogP contribution in [0.5, 0.6) is 0 Å². The van der Waals surface area contributed by atoms with Crippen molar-refractivity contribution in [1.29, 1.82) is 5.26 Å². The fourth-order valence-electron chi connectivity index (χ4n) is 2.47. The predicted molar refractivity (Wildman–Crippen MR) is 66.4 cm³/mol. The van der Waals surface area contributed by atoms with E-state index in [-0.39, 0.29) is 0 Å². The molecule has 2 heteroatoms. The Hall–Kier alpha value is -1.49. The molecular formula is C14H18N2. The topological polar surface area (TPSA) is 27.0 Å². The second-order valence-corrected chi connectivity index (χ2v) is 5.32. The van der Waals surface area contributed by atoms with Gasteiger partial charge in [-0.3, -0.25) is 0 Å². The van der Waals surface area contributed by atoms with Crippen LogP contribution in [0.3, 0.4) is 0 Å². The molecule has 1 aliphatic rings. The first-order valence-electron chi connectivity index (χ1n) is 5.86. The fourth-order valence-corrected chi connectivity index (χ4v) is 2.47. The summed E-state index contributed by atoms with van der Waals surface area (Å²) in [6, 6.07) is 10.2. The molecule has 0 N–H and O–H groups in total. The Labute approximate surface area is 97.5 Å². The van der Waals surface area contributed by atoms with Gasteiger partial charge >= 0.3 is 0 Å². The minimum atomic E-state index is 0.362. The Morgan fingerprint density at radius 2 is 2.06 bits per heavy atom. The van der Waals surface area contributed by atoms with Crippen LogP contribution in [0.25, 0.3) is 0 Å². The summed E-state index contributed by atoms with van der Waals surface area (Å²) < 4.78 is 0. The lowest BCUT2D eigenvalue weighted by Gasteiger charge is -2.39. The number of hydrogen-bond donors (Lipinski definition) is 0. The SMILES string of the molecule is CC1(C)CCCN(c2ccccc2C#N)C1. The van der Waals surface area contributed by atoms with E-state index in [1.54, 1.807) is 0 Å². The van der Waals surface area contributed by atoms with E-state index in [9.17, 15) is 0 Å². The molecular weight excluding hydrogens is 196 g/mol. The molecule has 1 aliphatic heterocycles. The molecule has 0 unspecified atom stereocenters. The predicted octanol–water partition coefficient (Wildman–Crippen LogP) is 3.18. The molecule has 1 heterocycles. The largest absolute Gasteiger partial charge is 0.370 e. The van der Waals surface area contributed by atoms with Crippen molar-refractivity contribution in [2.24, 2.45) is 5.41 Å². The number of hydrogen-bond acceptors (Lipinski definition) is 2. The number of anilines is 1. The molecule has 1 aromatic rings. The third kappa shape index (κ3) is 2.19. The Morgan fingerprint density at radius 3 is 2.75 bits per heavy atom. The number of nitriles is 1. The van der Waals surface area contributed by atoms with E-state index in [1.807, 2.05) is 18.2 Å². The molecule has 0 aliphatic carbocycles. The highest BCUT2D eigenvalue weighted by Crippen LogP contribution is 2.32. The van der Waals surface area contributed by atoms with Crippen LogP contribution in [0.2, 0.25) is 0 Å². The number of rotatable bonds is 1. The van der Waals surface area contributed by atoms with Crippen LogP contribution < -0.4 is 4.90 Å². The molecule has 2 rings (SSSR count). The Bertz CT molecular complexity index is 415. The normalized spacial score (nSPS) is 19.2. The molecule has 0 bridgehead atoms. The smallest absolute Gasteiger partial charge is 0.101 e. The van der Waals surface area contributed by atoms with Gasteiger partial charge in [0.2, 0.25) is 0 Å². The zero-order valence-electron chi connectivity index (χ0n) is 10.0. The summed E-state index contributed by atoms with van der Waals surface area (Å²) in [4.78, 5) is 2.35. The maximum Gasteiger partial charge on any atom is 0.101 e. The van der Waals surface area contributed by atoms with Crippen molar-refractivity contribution in [3.63, 3.8) is 0 Å². The minimum absolute atomic E-state index is 0.362. The summed E-state index contributed by atoms with van der Waals surface area (Å²) in [5.41, 5.74) is 2.25. The molecule has 0 spiro atoms. The molecule has 84 valence electrons. The number of para-hydroxylation sites is 1. The first-order chi connectivity index (χ1) is 7.62. The van der Waals surface area contributed by atoms with Crippen molar-refractivity contribution in [1.82, 2.24) is 0 Å². The monoisotopic (exact) mass is 214 g/mol. The van der Waals surface area contributed by atoms with Crippen molar-refractivity contribution in [2.75, 3.05) is 18.0 Å². The summed E-state index contributed by atoms with van der Waals surface area (Å²) >= 11 is 0. The van der Waals surface area contributed by atoms with Gasteiger partial charge < -0.3 is 4.90 Å². The molecule has 1 aromatic carbocycles. The van der Waals surface area contributed by atoms with E-state index in [0.29, 0.717) is 5.41 Å². The van der Waals surface area contributed by atoms with Gasteiger partial charge in [0.05, 0.1) is 11.3 Å². The van der Waals surface area contributed by atoms with Crippen molar-refractivity contribution in [2.45, 2.75) is 26.7 Å². The lowest BCUT2D eigenvalue weighted by Crippen LogP contribution is -2.40. The zero-order valence-corrected chi connectivity index (χ0v) is 10.0. The van der Waals surface area contributed by atoms with Crippen LogP contribution in [-0.4, -0.2) is 13.1 Å². The van der Waals surface area contributed by atoms with Crippen molar-refractivity contribution in [3.05, 3.63) is 29.8 Å². The summed E-state index contributed by atoms with van der Waals surface area (Å²) in [6.45, 7) is 6.72. The highest BCUT2D eigenvalue weighted by atomic mass is 15.1. The number of nitrogens with zero attached hydrogens (tertiary/aromatic N) is 2. The van der Waals surface area contributed by atoms with Gasteiger partial charge in [-0.1, -0.05) is 26.0 Å². The van der Waals surface area contributed by atoms with Gasteiger partial charge in [0.1, 0.15) is 6.07 Å². The number of benzene rings is 1. The molecule has 1 saturated heterocycles. The summed E-state index contributed by atoms with van der Waals surface area (Å²) in [6.07, 6.45) is 2.49. The molecule has 1 fully saturated rings. The van der Waals surface area contributed by atoms with Crippen molar-refractivity contribution < 1.29 is 0 Å². The third-order valence-electron chi connectivity index (χ3n) is 3.27. The summed E-state index contributed by atoms with van der Waals surface area (Å²) in [5.74, 6) is 0. The second kappa shape index (κ2) is 4.17. The molecule has 0 aromatic heterocycles. The molecule has 0 atom stereocenters. The van der Waals surface area contributed by atoms with Gasteiger partial charge in [-0.15, -0.1) is 0 Å². The van der Waals surface area contributed by atoms with E-state index in [2.05, 4.69) is 30.9 Å². The molecule has 0 amide bonds. The standard InChI is InChI=1S/C14H18N2/c1-14(2)8-5-9-16(11-14)13-7-4-3-6-12(13)10-15/h3-4,6-7H,5,8-9,11H2,1-2H3. The van der Waals surface area contributed by atoms with Gasteiger partial charge in [0, 0.05) is 13.1 Å². The quantitative estimate of drug-likeness (QED) is 0.718.